The molecule has 4 rings (SSSR count). The van der Waals surface area contributed by atoms with Gasteiger partial charge in [-0.25, -0.2) is 0 Å². The molecule has 192 valence electrons. The van der Waals surface area contributed by atoms with Gasteiger partial charge in [-0.05, 0) is 57.9 Å². The zero-order valence-electron chi connectivity index (χ0n) is 22.4. The van der Waals surface area contributed by atoms with E-state index in [9.17, 15) is 4.57 Å². The molecule has 0 saturated heterocycles. The minimum atomic E-state index is -4.14. The molecule has 0 unspecified atom stereocenters. The van der Waals surface area contributed by atoms with Gasteiger partial charge in [0.1, 0.15) is 17.2 Å². The minimum Gasteiger partial charge on any atom is -0.386 e. The standard InChI is InChI=1S/C32H35O4P/c1-31(2,3)25-16-20-27(21-17-25)34-37(33,35-28-22-18-26(19-23-28)32(4,5)6)36-30-15-11-10-14-29(30)24-12-8-7-9-13-24/h7-23H,1-6H3. The molecule has 0 aliphatic heterocycles. The quantitative estimate of drug-likeness (QED) is 0.230. The highest BCUT2D eigenvalue weighted by molar-refractivity contribution is 7.49. The topological polar surface area (TPSA) is 44.8 Å². The summed E-state index contributed by atoms with van der Waals surface area (Å²) in [5.41, 5.74) is 3.99. The van der Waals surface area contributed by atoms with Crippen LogP contribution in [0.15, 0.2) is 103 Å². The first kappa shape index (κ1) is 26.6. The minimum absolute atomic E-state index is 0.0152. The first-order chi connectivity index (χ1) is 17.4. The number of hydrogen-bond donors (Lipinski definition) is 0. The molecule has 37 heavy (non-hydrogen) atoms. The van der Waals surface area contributed by atoms with Crippen LogP contribution in [0.3, 0.4) is 0 Å². The van der Waals surface area contributed by atoms with E-state index in [0.717, 1.165) is 22.3 Å². The molecule has 5 heteroatoms. The average molecular weight is 515 g/mol. The van der Waals surface area contributed by atoms with Crippen molar-refractivity contribution in [2.75, 3.05) is 0 Å². The van der Waals surface area contributed by atoms with Crippen molar-refractivity contribution >= 4 is 7.82 Å². The van der Waals surface area contributed by atoms with Gasteiger partial charge in [0.15, 0.2) is 0 Å². The molecule has 0 aliphatic carbocycles. The molecule has 4 aromatic carbocycles. The molecule has 0 spiro atoms. The summed E-state index contributed by atoms with van der Waals surface area (Å²) in [7, 11) is -4.14. The molecule has 0 saturated carbocycles. The number of rotatable bonds is 7. The fraction of sp³-hybridized carbons (Fsp3) is 0.250. The van der Waals surface area contributed by atoms with Gasteiger partial charge >= 0.3 is 7.82 Å². The summed E-state index contributed by atoms with van der Waals surface area (Å²) < 4.78 is 32.3. The lowest BCUT2D eigenvalue weighted by molar-refractivity contribution is 0.298. The SMILES string of the molecule is CC(C)(C)c1ccc(OP(=O)(Oc2ccc(C(C)(C)C)cc2)Oc2ccccc2-c2ccccc2)cc1. The monoisotopic (exact) mass is 514 g/mol. The summed E-state index contributed by atoms with van der Waals surface area (Å²) in [6.45, 7) is 12.8. The molecular formula is C32H35O4P. The number of benzene rings is 4. The van der Waals surface area contributed by atoms with Crippen LogP contribution >= 0.6 is 7.82 Å². The Kier molecular flexibility index (Phi) is 7.52. The smallest absolute Gasteiger partial charge is 0.386 e. The van der Waals surface area contributed by atoms with Crippen molar-refractivity contribution in [3.63, 3.8) is 0 Å². The van der Waals surface area contributed by atoms with Crippen LogP contribution in [0.25, 0.3) is 11.1 Å². The third-order valence-electron chi connectivity index (χ3n) is 6.06. The Morgan fingerprint density at radius 1 is 0.514 bits per heavy atom. The van der Waals surface area contributed by atoms with Gasteiger partial charge in [0.2, 0.25) is 0 Å². The predicted molar refractivity (Wildman–Crippen MR) is 152 cm³/mol. The van der Waals surface area contributed by atoms with Crippen LogP contribution in [0.1, 0.15) is 52.7 Å². The number of hydrogen-bond acceptors (Lipinski definition) is 4. The Bertz CT molecular complexity index is 1300. The van der Waals surface area contributed by atoms with Gasteiger partial charge in [-0.15, -0.1) is 0 Å². The Hall–Kier alpha value is -3.49. The number of para-hydroxylation sites is 1. The van der Waals surface area contributed by atoms with Crippen molar-refractivity contribution in [1.82, 2.24) is 0 Å². The third-order valence-corrected chi connectivity index (χ3v) is 7.35. The molecular weight excluding hydrogens is 479 g/mol. The molecule has 0 atom stereocenters. The van der Waals surface area contributed by atoms with Gasteiger partial charge in [-0.2, -0.15) is 4.57 Å². The lowest BCUT2D eigenvalue weighted by Crippen LogP contribution is -2.12. The van der Waals surface area contributed by atoms with Gasteiger partial charge in [0, 0.05) is 5.56 Å². The molecule has 0 fully saturated rings. The highest BCUT2D eigenvalue weighted by Gasteiger charge is 2.34. The number of phosphoric ester groups is 1. The molecule has 4 aromatic rings. The highest BCUT2D eigenvalue weighted by atomic mass is 31.2. The van der Waals surface area contributed by atoms with E-state index in [1.165, 1.54) is 0 Å². The van der Waals surface area contributed by atoms with Crippen LogP contribution < -0.4 is 13.6 Å². The molecule has 0 radical (unpaired) electrons. The Labute approximate surface area is 220 Å². The van der Waals surface area contributed by atoms with Crippen LogP contribution in [-0.2, 0) is 15.4 Å². The Balaban J connectivity index is 1.69. The first-order valence-electron chi connectivity index (χ1n) is 12.5. The van der Waals surface area contributed by atoms with E-state index in [2.05, 4.69) is 41.5 Å². The molecule has 0 amide bonds. The Morgan fingerprint density at radius 3 is 1.41 bits per heavy atom. The van der Waals surface area contributed by atoms with Crippen LogP contribution in [0, 0.1) is 0 Å². The second-order valence-electron chi connectivity index (χ2n) is 11.1. The Morgan fingerprint density at radius 2 is 0.946 bits per heavy atom. The summed E-state index contributed by atoms with van der Waals surface area (Å²) in [5.74, 6) is 1.22. The van der Waals surface area contributed by atoms with E-state index in [0.29, 0.717) is 17.2 Å². The first-order valence-corrected chi connectivity index (χ1v) is 13.9. The molecule has 0 N–H and O–H groups in total. The van der Waals surface area contributed by atoms with Gasteiger partial charge in [-0.3, -0.25) is 0 Å². The predicted octanol–water partition coefficient (Wildman–Crippen LogP) is 9.59. The normalized spacial score (nSPS) is 12.2. The van der Waals surface area contributed by atoms with E-state index in [-0.39, 0.29) is 10.8 Å². The van der Waals surface area contributed by atoms with Gasteiger partial charge in [-0.1, -0.05) is 114 Å². The zero-order valence-corrected chi connectivity index (χ0v) is 23.3. The van der Waals surface area contributed by atoms with E-state index >= 15 is 0 Å². The van der Waals surface area contributed by atoms with Gasteiger partial charge in [0.25, 0.3) is 0 Å². The molecule has 4 nitrogen and oxygen atoms in total. The number of phosphoric acid groups is 1. The van der Waals surface area contributed by atoms with E-state index < -0.39 is 7.82 Å². The van der Waals surface area contributed by atoms with Crippen molar-refractivity contribution in [1.29, 1.82) is 0 Å². The molecule has 0 aliphatic rings. The summed E-state index contributed by atoms with van der Waals surface area (Å²) >= 11 is 0. The largest absolute Gasteiger partial charge is 0.647 e. The summed E-state index contributed by atoms with van der Waals surface area (Å²) in [6.07, 6.45) is 0. The van der Waals surface area contributed by atoms with Crippen LogP contribution in [-0.4, -0.2) is 0 Å². The summed E-state index contributed by atoms with van der Waals surface area (Å²) in [4.78, 5) is 0. The van der Waals surface area contributed by atoms with E-state index in [1.54, 1.807) is 30.3 Å². The van der Waals surface area contributed by atoms with Crippen LogP contribution in [0.4, 0.5) is 0 Å². The summed E-state index contributed by atoms with van der Waals surface area (Å²) in [6, 6.07) is 32.3. The fourth-order valence-electron chi connectivity index (χ4n) is 3.87. The van der Waals surface area contributed by atoms with Crippen molar-refractivity contribution in [2.45, 2.75) is 52.4 Å². The lowest BCUT2D eigenvalue weighted by atomic mass is 9.87. The zero-order chi connectivity index (χ0) is 26.7. The van der Waals surface area contributed by atoms with Crippen molar-refractivity contribution in [2.24, 2.45) is 0 Å². The second-order valence-corrected chi connectivity index (χ2v) is 12.6. The fourth-order valence-corrected chi connectivity index (χ4v) is 5.14. The average Bonchev–Trinajstić information content (AvgIpc) is 2.84. The van der Waals surface area contributed by atoms with E-state index in [1.807, 2.05) is 72.8 Å². The van der Waals surface area contributed by atoms with Crippen LogP contribution in [0.5, 0.6) is 17.2 Å². The maximum Gasteiger partial charge on any atom is 0.647 e. The lowest BCUT2D eigenvalue weighted by Gasteiger charge is -2.23. The molecule has 0 heterocycles. The van der Waals surface area contributed by atoms with Crippen LogP contribution in [0.2, 0.25) is 0 Å². The third kappa shape index (κ3) is 6.84. The molecule has 0 aromatic heterocycles. The van der Waals surface area contributed by atoms with Gasteiger partial charge < -0.3 is 13.6 Å². The van der Waals surface area contributed by atoms with E-state index in [4.69, 9.17) is 13.6 Å². The maximum absolute atomic E-state index is 14.2. The maximum atomic E-state index is 14.2. The van der Waals surface area contributed by atoms with Crippen molar-refractivity contribution in [3.05, 3.63) is 114 Å². The van der Waals surface area contributed by atoms with Crippen molar-refractivity contribution in [3.8, 4) is 28.4 Å². The molecule has 0 bridgehead atoms. The second kappa shape index (κ2) is 10.5. The van der Waals surface area contributed by atoms with Crippen molar-refractivity contribution < 1.29 is 18.1 Å². The summed E-state index contributed by atoms with van der Waals surface area (Å²) in [5, 5.41) is 0. The van der Waals surface area contributed by atoms with Gasteiger partial charge in [0.05, 0.1) is 0 Å². The highest BCUT2D eigenvalue weighted by Crippen LogP contribution is 2.51.